The van der Waals surface area contributed by atoms with Gasteiger partial charge in [-0.1, -0.05) is 19.1 Å². The normalized spacial score (nSPS) is 20.3. The molecule has 1 aromatic carbocycles. The van der Waals surface area contributed by atoms with Crippen molar-refractivity contribution in [3.05, 3.63) is 48.0 Å². The molecule has 1 fully saturated rings. The van der Waals surface area contributed by atoms with Gasteiger partial charge in [0, 0.05) is 32.0 Å². The second-order valence-electron chi connectivity index (χ2n) is 7.49. The van der Waals surface area contributed by atoms with Crippen LogP contribution in [0.5, 0.6) is 5.75 Å². The topological polar surface area (TPSA) is 54.7 Å². The Kier molecular flexibility index (Phi) is 6.95. The van der Waals surface area contributed by atoms with Crippen LogP contribution >= 0.6 is 0 Å². The van der Waals surface area contributed by atoms with Gasteiger partial charge in [-0.15, -0.1) is 0 Å². The Morgan fingerprint density at radius 2 is 2.21 bits per heavy atom. The molecule has 28 heavy (non-hydrogen) atoms. The number of imidazole rings is 1. The lowest BCUT2D eigenvalue weighted by Gasteiger charge is -2.39. The van der Waals surface area contributed by atoms with Crippen molar-refractivity contribution in [2.45, 2.75) is 46.7 Å². The van der Waals surface area contributed by atoms with Crippen LogP contribution in [0.4, 0.5) is 0 Å². The molecule has 1 aliphatic rings. The van der Waals surface area contributed by atoms with Gasteiger partial charge in [0.25, 0.3) is 0 Å². The zero-order valence-electron chi connectivity index (χ0n) is 17.6. The fourth-order valence-corrected chi connectivity index (χ4v) is 3.81. The van der Waals surface area contributed by atoms with E-state index in [0.717, 1.165) is 43.3 Å². The number of benzene rings is 1. The molecule has 2 aromatic rings. The van der Waals surface area contributed by atoms with Crippen LogP contribution < -0.4 is 10.1 Å². The third kappa shape index (κ3) is 4.86. The summed E-state index contributed by atoms with van der Waals surface area (Å²) in [6.07, 6.45) is 7.00. The van der Waals surface area contributed by atoms with Gasteiger partial charge in [0.1, 0.15) is 5.75 Å². The summed E-state index contributed by atoms with van der Waals surface area (Å²) in [7, 11) is 0. The molecule has 6 heteroatoms. The average Bonchev–Trinajstić information content (AvgIpc) is 3.22. The number of nitrogens with one attached hydrogen (secondary N) is 1. The van der Waals surface area contributed by atoms with Crippen molar-refractivity contribution in [3.8, 4) is 5.75 Å². The maximum Gasteiger partial charge on any atom is 0.194 e. The standard InChI is InChI=1S/C22H33N5O/c1-5-24-22(25-14-19-7-8-21(28-6-2)18(4)13-19)26-11-9-17(3)20(15-26)27-12-10-23-16-27/h7-8,10,12-13,16-17,20H,5-6,9,11,14-15H2,1-4H3,(H,24,25). The maximum absolute atomic E-state index is 5.64. The second-order valence-corrected chi connectivity index (χ2v) is 7.49. The van der Waals surface area contributed by atoms with E-state index >= 15 is 0 Å². The van der Waals surface area contributed by atoms with Crippen LogP contribution in [0.25, 0.3) is 0 Å². The number of rotatable bonds is 6. The molecule has 1 N–H and O–H groups in total. The molecule has 1 saturated heterocycles. The number of likely N-dealkylation sites (tertiary alicyclic amines) is 1. The molecule has 1 aliphatic heterocycles. The van der Waals surface area contributed by atoms with Crippen LogP contribution in [0, 0.1) is 12.8 Å². The Morgan fingerprint density at radius 3 is 2.89 bits per heavy atom. The summed E-state index contributed by atoms with van der Waals surface area (Å²) in [6, 6.07) is 6.75. The zero-order chi connectivity index (χ0) is 19.9. The highest BCUT2D eigenvalue weighted by atomic mass is 16.5. The Labute approximate surface area is 168 Å². The van der Waals surface area contributed by atoms with Gasteiger partial charge in [0.05, 0.1) is 25.5 Å². The van der Waals surface area contributed by atoms with Crippen LogP contribution in [0.1, 0.15) is 44.4 Å². The molecule has 6 nitrogen and oxygen atoms in total. The van der Waals surface area contributed by atoms with E-state index in [1.165, 1.54) is 5.56 Å². The fraction of sp³-hybridized carbons (Fsp3) is 0.545. The van der Waals surface area contributed by atoms with Gasteiger partial charge in [-0.3, -0.25) is 0 Å². The van der Waals surface area contributed by atoms with E-state index in [4.69, 9.17) is 9.73 Å². The molecule has 0 spiro atoms. The van der Waals surface area contributed by atoms with Crippen molar-refractivity contribution in [1.29, 1.82) is 0 Å². The van der Waals surface area contributed by atoms with Crippen molar-refractivity contribution in [2.75, 3.05) is 26.2 Å². The van der Waals surface area contributed by atoms with Gasteiger partial charge in [-0.05, 0) is 50.3 Å². The lowest BCUT2D eigenvalue weighted by molar-refractivity contribution is 0.189. The van der Waals surface area contributed by atoms with Crippen LogP contribution in [0.2, 0.25) is 0 Å². The highest BCUT2D eigenvalue weighted by molar-refractivity contribution is 5.80. The monoisotopic (exact) mass is 383 g/mol. The predicted molar refractivity (Wildman–Crippen MR) is 114 cm³/mol. The molecule has 0 bridgehead atoms. The number of nitrogens with zero attached hydrogens (tertiary/aromatic N) is 4. The van der Waals surface area contributed by atoms with E-state index in [9.17, 15) is 0 Å². The second kappa shape index (κ2) is 9.62. The van der Waals surface area contributed by atoms with Crippen LogP contribution in [0.15, 0.2) is 41.9 Å². The van der Waals surface area contributed by atoms with Gasteiger partial charge in [-0.2, -0.15) is 0 Å². The minimum Gasteiger partial charge on any atom is -0.494 e. The first kappa shape index (κ1) is 20.2. The Bertz CT molecular complexity index is 771. The number of hydrogen-bond acceptors (Lipinski definition) is 3. The highest BCUT2D eigenvalue weighted by Crippen LogP contribution is 2.27. The number of piperidine rings is 1. The van der Waals surface area contributed by atoms with Crippen LogP contribution in [-0.4, -0.2) is 46.7 Å². The van der Waals surface area contributed by atoms with Crippen molar-refractivity contribution in [3.63, 3.8) is 0 Å². The van der Waals surface area contributed by atoms with Crippen molar-refractivity contribution < 1.29 is 4.74 Å². The van der Waals surface area contributed by atoms with Gasteiger partial charge in [0.15, 0.2) is 5.96 Å². The van der Waals surface area contributed by atoms with E-state index in [0.29, 0.717) is 25.1 Å². The molecule has 0 radical (unpaired) electrons. The fourth-order valence-electron chi connectivity index (χ4n) is 3.81. The van der Waals surface area contributed by atoms with E-state index in [1.807, 2.05) is 25.5 Å². The van der Waals surface area contributed by atoms with Gasteiger partial charge < -0.3 is 19.5 Å². The van der Waals surface area contributed by atoms with E-state index in [2.05, 4.69) is 58.9 Å². The first-order chi connectivity index (χ1) is 13.6. The minimum atomic E-state index is 0.424. The van der Waals surface area contributed by atoms with Crippen molar-refractivity contribution in [1.82, 2.24) is 19.8 Å². The molecule has 0 aliphatic carbocycles. The summed E-state index contributed by atoms with van der Waals surface area (Å²) in [6.45, 7) is 12.7. The van der Waals surface area contributed by atoms with Crippen LogP contribution in [-0.2, 0) is 6.54 Å². The van der Waals surface area contributed by atoms with Crippen molar-refractivity contribution >= 4 is 5.96 Å². The molecule has 2 heterocycles. The highest BCUT2D eigenvalue weighted by Gasteiger charge is 2.28. The average molecular weight is 384 g/mol. The third-order valence-corrected chi connectivity index (χ3v) is 5.41. The number of aromatic nitrogens is 2. The lowest BCUT2D eigenvalue weighted by atomic mass is 9.93. The Morgan fingerprint density at radius 1 is 1.36 bits per heavy atom. The molecule has 1 aromatic heterocycles. The lowest BCUT2D eigenvalue weighted by Crippen LogP contribution is -2.49. The van der Waals surface area contributed by atoms with Gasteiger partial charge in [0.2, 0.25) is 0 Å². The van der Waals surface area contributed by atoms with E-state index in [1.54, 1.807) is 0 Å². The molecule has 0 saturated carbocycles. The molecule has 2 atom stereocenters. The number of aryl methyl sites for hydroxylation is 1. The number of ether oxygens (including phenoxy) is 1. The third-order valence-electron chi connectivity index (χ3n) is 5.41. The zero-order valence-corrected chi connectivity index (χ0v) is 17.6. The van der Waals surface area contributed by atoms with Gasteiger partial charge >= 0.3 is 0 Å². The summed E-state index contributed by atoms with van der Waals surface area (Å²) in [5.74, 6) is 2.57. The summed E-state index contributed by atoms with van der Waals surface area (Å²) < 4.78 is 7.88. The first-order valence-corrected chi connectivity index (χ1v) is 10.3. The number of hydrogen-bond donors (Lipinski definition) is 1. The largest absolute Gasteiger partial charge is 0.494 e. The summed E-state index contributed by atoms with van der Waals surface area (Å²) in [4.78, 5) is 11.5. The molecule has 3 rings (SSSR count). The Balaban J connectivity index is 1.72. The quantitative estimate of drug-likeness (QED) is 0.611. The molecule has 0 amide bonds. The summed E-state index contributed by atoms with van der Waals surface area (Å²) in [5, 5.41) is 3.48. The van der Waals surface area contributed by atoms with E-state index in [-0.39, 0.29) is 0 Å². The van der Waals surface area contributed by atoms with Gasteiger partial charge in [-0.25, -0.2) is 9.98 Å². The van der Waals surface area contributed by atoms with Crippen LogP contribution in [0.3, 0.4) is 0 Å². The van der Waals surface area contributed by atoms with Crippen molar-refractivity contribution in [2.24, 2.45) is 10.9 Å². The SMILES string of the molecule is CCNC(=NCc1ccc(OCC)c(C)c1)N1CCC(C)C(n2ccnc2)C1. The predicted octanol–water partition coefficient (Wildman–Crippen LogP) is 3.64. The minimum absolute atomic E-state index is 0.424. The molecule has 152 valence electrons. The number of aliphatic imine (C=N–C) groups is 1. The maximum atomic E-state index is 5.64. The molecular formula is C22H33N5O. The smallest absolute Gasteiger partial charge is 0.194 e. The summed E-state index contributed by atoms with van der Waals surface area (Å²) in [5.41, 5.74) is 2.36. The molecule has 2 unspecified atom stereocenters. The Hall–Kier alpha value is -2.50. The molecular weight excluding hydrogens is 350 g/mol. The summed E-state index contributed by atoms with van der Waals surface area (Å²) >= 11 is 0. The van der Waals surface area contributed by atoms with E-state index < -0.39 is 0 Å². The number of guanidine groups is 1. The first-order valence-electron chi connectivity index (χ1n) is 10.3.